The van der Waals surface area contributed by atoms with Crippen LogP contribution in [0.4, 0.5) is 5.69 Å². The summed E-state index contributed by atoms with van der Waals surface area (Å²) < 4.78 is 0. The lowest BCUT2D eigenvalue weighted by molar-refractivity contribution is 0.575. The van der Waals surface area contributed by atoms with Crippen LogP contribution < -0.4 is 5.73 Å². The quantitative estimate of drug-likeness (QED) is 0.112. The number of hydrogen-bond acceptors (Lipinski definition) is 1. The Morgan fingerprint density at radius 1 is 0.581 bits per heavy atom. The summed E-state index contributed by atoms with van der Waals surface area (Å²) in [6.45, 7) is 2.29. The highest BCUT2D eigenvalue weighted by Gasteiger charge is 2.14. The number of hydrogen-bond donors (Lipinski definition) is 1. The second kappa shape index (κ2) is 8.75. The molecule has 2 N–H and O–H groups in total. The van der Waals surface area contributed by atoms with Gasteiger partial charge in [-0.3, -0.25) is 0 Å². The maximum atomic E-state index is 6.35. The summed E-state index contributed by atoms with van der Waals surface area (Å²) in [5.41, 5.74) is 8.69. The van der Waals surface area contributed by atoms with Crippen molar-refractivity contribution in [3.63, 3.8) is 0 Å². The summed E-state index contributed by atoms with van der Waals surface area (Å²) >= 11 is 0. The van der Waals surface area contributed by atoms with Crippen LogP contribution in [0, 0.1) is 0 Å². The van der Waals surface area contributed by atoms with Gasteiger partial charge in [-0.1, -0.05) is 106 Å². The van der Waals surface area contributed by atoms with Crippen LogP contribution in [0.1, 0.15) is 63.9 Å². The fraction of sp³-hybridized carbons (Fsp3) is 0.333. The van der Waals surface area contributed by atoms with Crippen molar-refractivity contribution in [1.29, 1.82) is 0 Å². The number of unbranched alkanes of at least 4 members (excludes halogenated alkanes) is 7. The van der Waals surface area contributed by atoms with E-state index in [1.807, 2.05) is 0 Å². The third kappa shape index (κ3) is 3.71. The molecule has 0 saturated carbocycles. The van der Waals surface area contributed by atoms with Crippen LogP contribution >= 0.6 is 0 Å². The molecule has 31 heavy (non-hydrogen) atoms. The highest BCUT2D eigenvalue weighted by Crippen LogP contribution is 2.42. The molecule has 5 aromatic rings. The van der Waals surface area contributed by atoms with Crippen LogP contribution in [0.5, 0.6) is 0 Å². The van der Waals surface area contributed by atoms with Crippen molar-refractivity contribution in [2.75, 3.05) is 5.73 Å². The lowest BCUT2D eigenvalue weighted by Gasteiger charge is -2.16. The van der Waals surface area contributed by atoms with E-state index < -0.39 is 0 Å². The molecule has 5 rings (SSSR count). The second-order valence-corrected chi connectivity index (χ2v) is 9.20. The third-order valence-electron chi connectivity index (χ3n) is 7.01. The van der Waals surface area contributed by atoms with Crippen molar-refractivity contribution < 1.29 is 0 Å². The predicted octanol–water partition coefficient (Wildman–Crippen LogP) is 9.00. The van der Waals surface area contributed by atoms with Crippen molar-refractivity contribution in [3.8, 4) is 0 Å². The molecule has 1 heteroatoms. The Morgan fingerprint density at radius 3 is 2.03 bits per heavy atom. The number of anilines is 1. The summed E-state index contributed by atoms with van der Waals surface area (Å²) in [5.74, 6) is 0. The van der Waals surface area contributed by atoms with E-state index in [-0.39, 0.29) is 0 Å². The van der Waals surface area contributed by atoms with Gasteiger partial charge < -0.3 is 5.73 Å². The first kappa shape index (κ1) is 20.1. The molecule has 1 nitrogen and oxygen atoms in total. The molecule has 0 aliphatic heterocycles. The lowest BCUT2D eigenvalue weighted by atomic mass is 9.88. The molecule has 0 fully saturated rings. The van der Waals surface area contributed by atoms with E-state index >= 15 is 0 Å². The molecule has 5 aromatic carbocycles. The normalized spacial score (nSPS) is 12.0. The average molecular weight is 408 g/mol. The van der Waals surface area contributed by atoms with E-state index in [0.717, 1.165) is 5.69 Å². The molecule has 0 unspecified atom stereocenters. The maximum absolute atomic E-state index is 6.35. The van der Waals surface area contributed by atoms with Crippen LogP contribution in [-0.4, -0.2) is 0 Å². The van der Waals surface area contributed by atoms with Gasteiger partial charge >= 0.3 is 0 Å². The van der Waals surface area contributed by atoms with Gasteiger partial charge in [0.15, 0.2) is 0 Å². The molecule has 0 amide bonds. The van der Waals surface area contributed by atoms with E-state index in [0.29, 0.717) is 0 Å². The van der Waals surface area contributed by atoms with Gasteiger partial charge in [0.2, 0.25) is 0 Å². The third-order valence-corrected chi connectivity index (χ3v) is 7.01. The molecular formula is C30H33N. The molecular weight excluding hydrogens is 374 g/mol. The lowest BCUT2D eigenvalue weighted by Crippen LogP contribution is -1.93. The number of rotatable bonds is 9. The van der Waals surface area contributed by atoms with Gasteiger partial charge in [-0.15, -0.1) is 0 Å². The van der Waals surface area contributed by atoms with Gasteiger partial charge in [0, 0.05) is 11.1 Å². The minimum atomic E-state index is 0.867. The van der Waals surface area contributed by atoms with Gasteiger partial charge in [0.25, 0.3) is 0 Å². The van der Waals surface area contributed by atoms with Gasteiger partial charge in [-0.05, 0) is 62.2 Å². The summed E-state index contributed by atoms with van der Waals surface area (Å²) in [6.07, 6.45) is 12.1. The van der Waals surface area contributed by atoms with E-state index in [1.165, 1.54) is 106 Å². The zero-order valence-corrected chi connectivity index (χ0v) is 18.7. The Balaban J connectivity index is 1.49. The first-order valence-electron chi connectivity index (χ1n) is 12.2. The molecule has 0 atom stereocenters. The van der Waals surface area contributed by atoms with Gasteiger partial charge in [0.1, 0.15) is 0 Å². The maximum Gasteiger partial charge on any atom is 0.0394 e. The van der Waals surface area contributed by atoms with Gasteiger partial charge in [-0.2, -0.15) is 0 Å². The van der Waals surface area contributed by atoms with Gasteiger partial charge in [0.05, 0.1) is 0 Å². The van der Waals surface area contributed by atoms with Crippen LogP contribution in [-0.2, 0) is 6.42 Å². The summed E-state index contributed by atoms with van der Waals surface area (Å²) in [5, 5.41) is 10.6. The molecule has 0 saturated heterocycles. The monoisotopic (exact) mass is 407 g/mol. The Bertz CT molecular complexity index is 1330. The molecule has 0 aliphatic rings. The van der Waals surface area contributed by atoms with Crippen LogP contribution in [0.15, 0.2) is 60.7 Å². The van der Waals surface area contributed by atoms with Crippen molar-refractivity contribution >= 4 is 48.8 Å². The molecule has 0 spiro atoms. The molecule has 0 radical (unpaired) electrons. The Kier molecular flexibility index (Phi) is 5.68. The molecule has 0 heterocycles. The number of nitrogens with two attached hydrogens (primary N) is 1. The number of benzene rings is 5. The Morgan fingerprint density at radius 2 is 1.23 bits per heavy atom. The van der Waals surface area contributed by atoms with Crippen molar-refractivity contribution in [2.24, 2.45) is 0 Å². The van der Waals surface area contributed by atoms with E-state index in [1.54, 1.807) is 0 Å². The highest BCUT2D eigenvalue weighted by atomic mass is 14.5. The fourth-order valence-corrected chi connectivity index (χ4v) is 5.41. The minimum absolute atomic E-state index is 0.867. The Labute approximate surface area is 185 Å². The van der Waals surface area contributed by atoms with Crippen LogP contribution in [0.2, 0.25) is 0 Å². The van der Waals surface area contributed by atoms with E-state index in [2.05, 4.69) is 67.6 Å². The zero-order chi connectivity index (χ0) is 21.2. The number of fused-ring (bicyclic) bond motifs is 2. The molecule has 0 aliphatic carbocycles. The second-order valence-electron chi connectivity index (χ2n) is 9.20. The van der Waals surface area contributed by atoms with E-state index in [4.69, 9.17) is 5.73 Å². The topological polar surface area (TPSA) is 26.0 Å². The van der Waals surface area contributed by atoms with Crippen molar-refractivity contribution in [2.45, 2.75) is 64.7 Å². The number of nitrogen functional groups attached to an aromatic ring is 1. The van der Waals surface area contributed by atoms with Crippen LogP contribution in [0.3, 0.4) is 0 Å². The molecule has 158 valence electrons. The fourth-order valence-electron chi connectivity index (χ4n) is 5.41. The molecule has 0 aromatic heterocycles. The Hall–Kier alpha value is -2.80. The smallest absolute Gasteiger partial charge is 0.0394 e. The van der Waals surface area contributed by atoms with Crippen molar-refractivity contribution in [1.82, 2.24) is 0 Å². The SMILES string of the molecule is CCCCCCCCCCc1cc2cccc3c4cccc5c(N)ccc(c(c1)c23)c54. The number of aryl methyl sites for hydroxylation is 1. The minimum Gasteiger partial charge on any atom is -0.398 e. The standard InChI is InChI=1S/C30H33N/c1-2-3-4-5-6-7-8-9-12-21-19-22-13-10-14-23-24-15-11-16-26-28(31)18-17-25(30(24)26)27(20-21)29(22)23/h10-11,13-20H,2-9,12,31H2,1H3. The summed E-state index contributed by atoms with van der Waals surface area (Å²) in [4.78, 5) is 0. The van der Waals surface area contributed by atoms with Crippen molar-refractivity contribution in [3.05, 3.63) is 66.2 Å². The first-order chi connectivity index (χ1) is 15.3. The predicted molar refractivity (Wildman–Crippen MR) is 138 cm³/mol. The van der Waals surface area contributed by atoms with Gasteiger partial charge in [-0.25, -0.2) is 0 Å². The summed E-state index contributed by atoms with van der Waals surface area (Å²) in [6, 6.07) is 22.5. The van der Waals surface area contributed by atoms with Crippen LogP contribution in [0.25, 0.3) is 43.1 Å². The van der Waals surface area contributed by atoms with E-state index in [9.17, 15) is 0 Å². The highest BCUT2D eigenvalue weighted by molar-refractivity contribution is 6.33. The largest absolute Gasteiger partial charge is 0.398 e. The average Bonchev–Trinajstić information content (AvgIpc) is 2.80. The summed E-state index contributed by atoms with van der Waals surface area (Å²) in [7, 11) is 0. The zero-order valence-electron chi connectivity index (χ0n) is 18.7. The molecule has 0 bridgehead atoms. The first-order valence-corrected chi connectivity index (χ1v) is 12.2.